The van der Waals surface area contributed by atoms with Crippen LogP contribution in [-0.2, 0) is 0 Å². The minimum absolute atomic E-state index is 0.263. The second kappa shape index (κ2) is 4.11. The summed E-state index contributed by atoms with van der Waals surface area (Å²) in [7, 11) is 0. The Kier molecular flexibility index (Phi) is 2.84. The largest absolute Gasteiger partial charge is 0.315 e. The van der Waals surface area contributed by atoms with Gasteiger partial charge in [0.25, 0.3) is 0 Å². The molecule has 1 aliphatic heterocycles. The van der Waals surface area contributed by atoms with Gasteiger partial charge in [0.1, 0.15) is 5.69 Å². The molecular formula is C9H12ClN3O. The van der Waals surface area contributed by atoms with Crippen molar-refractivity contribution in [3.63, 3.8) is 0 Å². The van der Waals surface area contributed by atoms with Gasteiger partial charge < -0.3 is 9.88 Å². The molecule has 2 heterocycles. The van der Waals surface area contributed by atoms with Crippen LogP contribution in [0.1, 0.15) is 29.4 Å². The number of piperidine rings is 1. The van der Waals surface area contributed by atoms with Crippen molar-refractivity contribution in [2.75, 3.05) is 13.1 Å². The Bertz CT molecular complexity index is 331. The molecular weight excluding hydrogens is 202 g/mol. The minimum Gasteiger partial charge on any atom is -0.315 e. The molecule has 2 rings (SSSR count). The summed E-state index contributed by atoms with van der Waals surface area (Å²) in [5.74, 6) is 0. The first-order valence-corrected chi connectivity index (χ1v) is 5.09. The van der Waals surface area contributed by atoms with Gasteiger partial charge in [-0.25, -0.2) is 4.98 Å². The number of carbonyl (C=O) groups excluding carboxylic acids is 1. The zero-order chi connectivity index (χ0) is 9.97. The molecule has 1 saturated heterocycles. The normalized spacial score (nSPS) is 22.2. The summed E-state index contributed by atoms with van der Waals surface area (Å²) in [6.07, 6.45) is 4.47. The molecule has 0 bridgehead atoms. The van der Waals surface area contributed by atoms with E-state index in [9.17, 15) is 4.79 Å². The predicted molar refractivity (Wildman–Crippen MR) is 53.8 cm³/mol. The van der Waals surface area contributed by atoms with E-state index in [4.69, 9.17) is 11.6 Å². The maximum absolute atomic E-state index is 10.7. The highest BCUT2D eigenvalue weighted by atomic mass is 35.5. The number of rotatable bonds is 2. The summed E-state index contributed by atoms with van der Waals surface area (Å²) in [6.45, 7) is 1.90. The molecule has 1 fully saturated rings. The number of hydrogen-bond acceptors (Lipinski definition) is 3. The summed E-state index contributed by atoms with van der Waals surface area (Å²) >= 11 is 5.92. The highest BCUT2D eigenvalue weighted by Gasteiger charge is 2.19. The molecule has 4 nitrogen and oxygen atoms in total. The first-order chi connectivity index (χ1) is 6.83. The smallest absolute Gasteiger partial charge is 0.203 e. The average molecular weight is 214 g/mol. The van der Waals surface area contributed by atoms with Crippen LogP contribution < -0.4 is 5.32 Å². The van der Waals surface area contributed by atoms with Gasteiger partial charge in [0.15, 0.2) is 6.29 Å². The number of aromatic nitrogens is 2. The lowest BCUT2D eigenvalue weighted by Crippen LogP contribution is -2.32. The predicted octanol–water partition coefficient (Wildman–Crippen LogP) is 1.27. The second-order valence-electron chi connectivity index (χ2n) is 3.44. The van der Waals surface area contributed by atoms with Crippen LogP contribution in [0, 0.1) is 0 Å². The number of aldehydes is 1. The van der Waals surface area contributed by atoms with E-state index in [0.717, 1.165) is 32.2 Å². The maximum atomic E-state index is 10.7. The lowest BCUT2D eigenvalue weighted by atomic mass is 10.1. The number of halogens is 1. The van der Waals surface area contributed by atoms with E-state index in [-0.39, 0.29) is 6.04 Å². The zero-order valence-electron chi connectivity index (χ0n) is 7.74. The van der Waals surface area contributed by atoms with Crippen LogP contribution in [0.4, 0.5) is 0 Å². The van der Waals surface area contributed by atoms with Gasteiger partial charge in [-0.05, 0) is 31.0 Å². The van der Waals surface area contributed by atoms with Gasteiger partial charge in [-0.1, -0.05) is 0 Å². The van der Waals surface area contributed by atoms with Gasteiger partial charge in [0.2, 0.25) is 5.28 Å². The van der Waals surface area contributed by atoms with E-state index in [2.05, 4.69) is 10.3 Å². The van der Waals surface area contributed by atoms with E-state index >= 15 is 0 Å². The Morgan fingerprint density at radius 3 is 3.21 bits per heavy atom. The highest BCUT2D eigenvalue weighted by Crippen LogP contribution is 2.22. The number of hydrogen-bond donors (Lipinski definition) is 1. The molecule has 0 spiro atoms. The minimum atomic E-state index is 0.263. The van der Waals surface area contributed by atoms with Crippen LogP contribution in [0.2, 0.25) is 5.28 Å². The first-order valence-electron chi connectivity index (χ1n) is 4.71. The monoisotopic (exact) mass is 213 g/mol. The van der Waals surface area contributed by atoms with Crippen LogP contribution in [0.25, 0.3) is 0 Å². The van der Waals surface area contributed by atoms with Gasteiger partial charge in [-0.15, -0.1) is 0 Å². The number of carbonyl (C=O) groups is 1. The quantitative estimate of drug-likeness (QED) is 0.753. The van der Waals surface area contributed by atoms with Crippen molar-refractivity contribution in [1.82, 2.24) is 14.9 Å². The third kappa shape index (κ3) is 1.67. The number of nitrogens with one attached hydrogen (secondary N) is 1. The van der Waals surface area contributed by atoms with Crippen LogP contribution in [0.5, 0.6) is 0 Å². The van der Waals surface area contributed by atoms with E-state index in [0.29, 0.717) is 11.0 Å². The van der Waals surface area contributed by atoms with Gasteiger partial charge >= 0.3 is 0 Å². The molecule has 0 radical (unpaired) electrons. The summed E-state index contributed by atoms with van der Waals surface area (Å²) in [4.78, 5) is 14.7. The molecule has 1 atom stereocenters. The van der Waals surface area contributed by atoms with E-state index in [1.807, 2.05) is 0 Å². The Morgan fingerprint density at radius 2 is 2.57 bits per heavy atom. The van der Waals surface area contributed by atoms with E-state index < -0.39 is 0 Å². The molecule has 0 unspecified atom stereocenters. The third-order valence-electron chi connectivity index (χ3n) is 2.54. The van der Waals surface area contributed by atoms with Gasteiger partial charge in [0, 0.05) is 12.6 Å². The summed E-state index contributed by atoms with van der Waals surface area (Å²) in [6, 6.07) is 0.263. The summed E-state index contributed by atoms with van der Waals surface area (Å²) < 4.78 is 1.81. The Morgan fingerprint density at radius 1 is 1.71 bits per heavy atom. The lowest BCUT2D eigenvalue weighted by molar-refractivity contribution is 0.111. The molecule has 5 heteroatoms. The van der Waals surface area contributed by atoms with Crippen molar-refractivity contribution >= 4 is 17.9 Å². The Hall–Kier alpha value is -0.870. The Labute approximate surface area is 87.3 Å². The standard InChI is InChI=1S/C9H12ClN3O/c10-9-12-5-8(6-14)13(9)7-2-1-3-11-4-7/h5-7,11H,1-4H2/t7-/m1/s1. The van der Waals surface area contributed by atoms with Crippen molar-refractivity contribution in [2.45, 2.75) is 18.9 Å². The van der Waals surface area contributed by atoms with Crippen molar-refractivity contribution in [1.29, 1.82) is 0 Å². The lowest BCUT2D eigenvalue weighted by Gasteiger charge is -2.25. The van der Waals surface area contributed by atoms with Gasteiger partial charge in [-0.3, -0.25) is 4.79 Å². The highest BCUT2D eigenvalue weighted by molar-refractivity contribution is 6.28. The third-order valence-corrected chi connectivity index (χ3v) is 2.82. The summed E-state index contributed by atoms with van der Waals surface area (Å²) in [5.41, 5.74) is 0.559. The summed E-state index contributed by atoms with van der Waals surface area (Å²) in [5, 5.41) is 3.68. The maximum Gasteiger partial charge on any atom is 0.203 e. The molecule has 0 saturated carbocycles. The first kappa shape index (κ1) is 9.68. The van der Waals surface area contributed by atoms with Crippen molar-refractivity contribution < 1.29 is 4.79 Å². The number of nitrogens with zero attached hydrogens (tertiary/aromatic N) is 2. The fourth-order valence-electron chi connectivity index (χ4n) is 1.85. The van der Waals surface area contributed by atoms with Crippen molar-refractivity contribution in [3.8, 4) is 0 Å². The van der Waals surface area contributed by atoms with Crippen molar-refractivity contribution in [2.24, 2.45) is 0 Å². The molecule has 76 valence electrons. The van der Waals surface area contributed by atoms with Crippen LogP contribution in [0.15, 0.2) is 6.20 Å². The molecule has 14 heavy (non-hydrogen) atoms. The second-order valence-corrected chi connectivity index (χ2v) is 3.78. The zero-order valence-corrected chi connectivity index (χ0v) is 8.50. The SMILES string of the molecule is O=Cc1cnc(Cl)n1[C@@H]1CCCNC1. The fourth-order valence-corrected chi connectivity index (χ4v) is 2.14. The Balaban J connectivity index is 2.28. The fraction of sp³-hybridized carbons (Fsp3) is 0.556. The van der Waals surface area contributed by atoms with Crippen LogP contribution in [0.3, 0.4) is 0 Å². The van der Waals surface area contributed by atoms with Gasteiger partial charge in [0.05, 0.1) is 6.20 Å². The molecule has 0 amide bonds. The molecule has 1 aromatic rings. The van der Waals surface area contributed by atoms with Crippen LogP contribution >= 0.6 is 11.6 Å². The number of imidazole rings is 1. The molecule has 1 N–H and O–H groups in total. The topological polar surface area (TPSA) is 46.9 Å². The van der Waals surface area contributed by atoms with Crippen LogP contribution in [-0.4, -0.2) is 28.9 Å². The molecule has 0 aromatic carbocycles. The average Bonchev–Trinajstić information content (AvgIpc) is 2.61. The van der Waals surface area contributed by atoms with Crippen molar-refractivity contribution in [3.05, 3.63) is 17.2 Å². The van der Waals surface area contributed by atoms with E-state index in [1.54, 1.807) is 4.57 Å². The molecule has 0 aliphatic carbocycles. The molecule has 1 aliphatic rings. The van der Waals surface area contributed by atoms with E-state index in [1.165, 1.54) is 6.20 Å². The molecule has 1 aromatic heterocycles. The van der Waals surface area contributed by atoms with Gasteiger partial charge in [-0.2, -0.15) is 0 Å².